The van der Waals surface area contributed by atoms with Gasteiger partial charge in [-0.15, -0.1) is 0 Å². The first-order valence-corrected chi connectivity index (χ1v) is 7.77. The van der Waals surface area contributed by atoms with Crippen molar-refractivity contribution in [3.63, 3.8) is 0 Å². The highest BCUT2D eigenvalue weighted by Crippen LogP contribution is 2.26. The number of nitrogens with one attached hydrogen (secondary N) is 1. The highest BCUT2D eigenvalue weighted by molar-refractivity contribution is 5.81. The van der Waals surface area contributed by atoms with Crippen molar-refractivity contribution in [3.05, 3.63) is 0 Å². The van der Waals surface area contributed by atoms with E-state index in [1.807, 2.05) is 0 Å². The molecule has 106 valence electrons. The summed E-state index contributed by atoms with van der Waals surface area (Å²) in [5.74, 6) is 0.733. The van der Waals surface area contributed by atoms with Crippen molar-refractivity contribution in [3.8, 4) is 0 Å². The maximum Gasteiger partial charge on any atom is 0.236 e. The highest BCUT2D eigenvalue weighted by atomic mass is 16.2. The van der Waals surface area contributed by atoms with Gasteiger partial charge < -0.3 is 11.1 Å². The van der Waals surface area contributed by atoms with Crippen LogP contribution in [0.5, 0.6) is 0 Å². The monoisotopic (exact) mass is 254 g/mol. The molecule has 0 aromatic carbocycles. The number of hydrogen-bond acceptors (Lipinski definition) is 2. The van der Waals surface area contributed by atoms with E-state index < -0.39 is 0 Å². The van der Waals surface area contributed by atoms with Crippen LogP contribution in [0.4, 0.5) is 0 Å². The van der Waals surface area contributed by atoms with Gasteiger partial charge in [-0.3, -0.25) is 4.79 Å². The second-order valence-electron chi connectivity index (χ2n) is 5.70. The zero-order chi connectivity index (χ0) is 13.2. The maximum absolute atomic E-state index is 11.8. The molecule has 0 unspecified atom stereocenters. The molecule has 3 heteroatoms. The second-order valence-corrected chi connectivity index (χ2v) is 5.70. The minimum atomic E-state index is -0.292. The van der Waals surface area contributed by atoms with Crippen LogP contribution < -0.4 is 11.1 Å². The molecule has 1 saturated carbocycles. The third kappa shape index (κ3) is 6.39. The van der Waals surface area contributed by atoms with Crippen LogP contribution in [0.1, 0.15) is 71.1 Å². The topological polar surface area (TPSA) is 55.1 Å². The van der Waals surface area contributed by atoms with Crippen LogP contribution in [0.2, 0.25) is 0 Å². The van der Waals surface area contributed by atoms with E-state index in [-0.39, 0.29) is 11.9 Å². The number of rotatable bonds is 8. The zero-order valence-electron chi connectivity index (χ0n) is 11.9. The lowest BCUT2D eigenvalue weighted by molar-refractivity contribution is -0.122. The van der Waals surface area contributed by atoms with Crippen molar-refractivity contribution in [1.82, 2.24) is 5.32 Å². The molecule has 0 aromatic rings. The Morgan fingerprint density at radius 2 is 1.94 bits per heavy atom. The van der Waals surface area contributed by atoms with Gasteiger partial charge in [-0.2, -0.15) is 0 Å². The van der Waals surface area contributed by atoms with E-state index in [2.05, 4.69) is 12.2 Å². The predicted molar refractivity (Wildman–Crippen MR) is 76.3 cm³/mol. The first-order chi connectivity index (χ1) is 8.74. The van der Waals surface area contributed by atoms with Gasteiger partial charge in [0.2, 0.25) is 5.91 Å². The number of unbranched alkanes of at least 4 members (excludes halogenated alkanes) is 3. The predicted octanol–water partition coefficient (Wildman–Crippen LogP) is 2.98. The molecular weight excluding hydrogens is 224 g/mol. The summed E-state index contributed by atoms with van der Waals surface area (Å²) >= 11 is 0. The Labute approximate surface area is 112 Å². The SMILES string of the molecule is CCCCCCNC(=O)[C@@H](N)CC1CCCCC1. The molecule has 18 heavy (non-hydrogen) atoms. The lowest BCUT2D eigenvalue weighted by Gasteiger charge is -2.24. The molecule has 1 amide bonds. The maximum atomic E-state index is 11.8. The third-order valence-electron chi connectivity index (χ3n) is 3.98. The van der Waals surface area contributed by atoms with Crippen molar-refractivity contribution in [2.45, 2.75) is 77.2 Å². The Hall–Kier alpha value is -0.570. The molecule has 0 radical (unpaired) electrons. The summed E-state index contributed by atoms with van der Waals surface area (Å²) < 4.78 is 0. The molecule has 0 aliphatic heterocycles. The van der Waals surface area contributed by atoms with Gasteiger partial charge in [0.1, 0.15) is 0 Å². The van der Waals surface area contributed by atoms with E-state index in [1.54, 1.807) is 0 Å². The first-order valence-electron chi connectivity index (χ1n) is 7.77. The summed E-state index contributed by atoms with van der Waals surface area (Å²) in [5.41, 5.74) is 5.98. The van der Waals surface area contributed by atoms with Crippen LogP contribution in [0, 0.1) is 5.92 Å². The molecular formula is C15H30N2O. The molecule has 1 rings (SSSR count). The number of amides is 1. The van der Waals surface area contributed by atoms with Crippen molar-refractivity contribution in [2.24, 2.45) is 11.7 Å². The molecule has 0 aromatic heterocycles. The average molecular weight is 254 g/mol. The Bertz CT molecular complexity index is 225. The van der Waals surface area contributed by atoms with Crippen molar-refractivity contribution < 1.29 is 4.79 Å². The number of carbonyl (C=O) groups is 1. The van der Waals surface area contributed by atoms with E-state index in [0.717, 1.165) is 19.4 Å². The Balaban J connectivity index is 2.08. The summed E-state index contributed by atoms with van der Waals surface area (Å²) in [4.78, 5) is 11.8. The summed E-state index contributed by atoms with van der Waals surface area (Å²) in [6.45, 7) is 2.98. The Morgan fingerprint density at radius 1 is 1.22 bits per heavy atom. The van der Waals surface area contributed by atoms with E-state index in [4.69, 9.17) is 5.73 Å². The van der Waals surface area contributed by atoms with E-state index in [9.17, 15) is 4.79 Å². The fourth-order valence-corrected chi connectivity index (χ4v) is 2.78. The van der Waals surface area contributed by atoms with Gasteiger partial charge in [0, 0.05) is 6.54 Å². The van der Waals surface area contributed by atoms with Crippen molar-refractivity contribution in [1.29, 1.82) is 0 Å². The molecule has 0 saturated heterocycles. The van der Waals surface area contributed by atoms with Gasteiger partial charge in [0.15, 0.2) is 0 Å². The fraction of sp³-hybridized carbons (Fsp3) is 0.933. The smallest absolute Gasteiger partial charge is 0.236 e. The minimum absolute atomic E-state index is 0.0528. The van der Waals surface area contributed by atoms with Crippen LogP contribution in [0.25, 0.3) is 0 Å². The molecule has 0 heterocycles. The Morgan fingerprint density at radius 3 is 2.61 bits per heavy atom. The first kappa shape index (κ1) is 15.5. The van der Waals surface area contributed by atoms with Crippen molar-refractivity contribution >= 4 is 5.91 Å². The minimum Gasteiger partial charge on any atom is -0.355 e. The van der Waals surface area contributed by atoms with Crippen LogP contribution in [-0.2, 0) is 4.79 Å². The van der Waals surface area contributed by atoms with Gasteiger partial charge >= 0.3 is 0 Å². The summed E-state index contributed by atoms with van der Waals surface area (Å²) in [6, 6.07) is -0.292. The molecule has 1 aliphatic carbocycles. The average Bonchev–Trinajstić information content (AvgIpc) is 2.39. The van der Waals surface area contributed by atoms with Gasteiger partial charge in [0.05, 0.1) is 6.04 Å². The van der Waals surface area contributed by atoms with Gasteiger partial charge in [0.25, 0.3) is 0 Å². The Kier molecular flexibility index (Phi) is 8.06. The fourth-order valence-electron chi connectivity index (χ4n) is 2.78. The lowest BCUT2D eigenvalue weighted by Crippen LogP contribution is -2.42. The lowest BCUT2D eigenvalue weighted by atomic mass is 9.85. The molecule has 3 N–H and O–H groups in total. The summed E-state index contributed by atoms with van der Waals surface area (Å²) in [6.07, 6.45) is 12.2. The molecule has 1 atom stereocenters. The number of nitrogens with two attached hydrogens (primary N) is 1. The molecule has 1 fully saturated rings. The van der Waals surface area contributed by atoms with E-state index >= 15 is 0 Å². The van der Waals surface area contributed by atoms with Crippen LogP contribution in [0.15, 0.2) is 0 Å². The molecule has 3 nitrogen and oxygen atoms in total. The van der Waals surface area contributed by atoms with E-state index in [0.29, 0.717) is 5.92 Å². The standard InChI is InChI=1S/C15H30N2O/c1-2-3-4-8-11-17-15(18)14(16)12-13-9-6-5-7-10-13/h13-14H,2-12,16H2,1H3,(H,17,18)/t14-/m0/s1. The van der Waals surface area contributed by atoms with Gasteiger partial charge in [-0.05, 0) is 18.8 Å². The van der Waals surface area contributed by atoms with Crippen molar-refractivity contribution in [2.75, 3.05) is 6.54 Å². The van der Waals surface area contributed by atoms with Gasteiger partial charge in [-0.1, -0.05) is 58.3 Å². The largest absolute Gasteiger partial charge is 0.355 e. The quantitative estimate of drug-likeness (QED) is 0.654. The second kappa shape index (κ2) is 9.37. The molecule has 0 bridgehead atoms. The van der Waals surface area contributed by atoms with E-state index in [1.165, 1.54) is 51.4 Å². The van der Waals surface area contributed by atoms with Crippen LogP contribution in [-0.4, -0.2) is 18.5 Å². The number of carbonyl (C=O) groups excluding carboxylic acids is 1. The highest BCUT2D eigenvalue weighted by Gasteiger charge is 2.20. The molecule has 0 spiro atoms. The summed E-state index contributed by atoms with van der Waals surface area (Å²) in [5, 5.41) is 2.97. The van der Waals surface area contributed by atoms with Gasteiger partial charge in [-0.25, -0.2) is 0 Å². The molecule has 1 aliphatic rings. The van der Waals surface area contributed by atoms with Crippen LogP contribution in [0.3, 0.4) is 0 Å². The van der Waals surface area contributed by atoms with Crippen LogP contribution >= 0.6 is 0 Å². The number of hydrogen-bond donors (Lipinski definition) is 2. The normalized spacial score (nSPS) is 18.6. The third-order valence-corrected chi connectivity index (χ3v) is 3.98. The summed E-state index contributed by atoms with van der Waals surface area (Å²) in [7, 11) is 0. The zero-order valence-corrected chi connectivity index (χ0v) is 11.9.